The Hall–Kier alpha value is -2.17. The van der Waals surface area contributed by atoms with Crippen molar-refractivity contribution >= 4 is 11.9 Å². The van der Waals surface area contributed by atoms with Gasteiger partial charge in [0, 0.05) is 12.5 Å². The number of rotatable bonds is 2. The standard InChI is InChI=1S/C11H11N3O2/c1-7-3-5-9(6-4-7)10(15)12-11-14-13-8(2)16-11/h3-6H,1-2H3,(H,12,14,15). The molecular weight excluding hydrogens is 206 g/mol. The van der Waals surface area contributed by atoms with Gasteiger partial charge in [-0.2, -0.15) is 0 Å². The summed E-state index contributed by atoms with van der Waals surface area (Å²) in [5.74, 6) is 0.155. The van der Waals surface area contributed by atoms with Crippen LogP contribution in [-0.4, -0.2) is 16.1 Å². The van der Waals surface area contributed by atoms with E-state index in [1.807, 2.05) is 19.1 Å². The zero-order valence-electron chi connectivity index (χ0n) is 9.02. The SMILES string of the molecule is Cc1ccc(C(=O)Nc2nnc(C)o2)cc1. The quantitative estimate of drug-likeness (QED) is 0.834. The van der Waals surface area contributed by atoms with Crippen molar-refractivity contribution in [2.75, 3.05) is 5.32 Å². The molecule has 1 heterocycles. The van der Waals surface area contributed by atoms with Crippen molar-refractivity contribution in [1.82, 2.24) is 10.2 Å². The van der Waals surface area contributed by atoms with Crippen LogP contribution >= 0.6 is 0 Å². The van der Waals surface area contributed by atoms with Crippen molar-refractivity contribution in [3.63, 3.8) is 0 Å². The summed E-state index contributed by atoms with van der Waals surface area (Å²) in [6, 6.07) is 7.34. The van der Waals surface area contributed by atoms with Gasteiger partial charge in [-0.05, 0) is 19.1 Å². The Balaban J connectivity index is 2.11. The third-order valence-electron chi connectivity index (χ3n) is 2.06. The van der Waals surface area contributed by atoms with Gasteiger partial charge in [-0.25, -0.2) is 0 Å². The summed E-state index contributed by atoms with van der Waals surface area (Å²) in [5.41, 5.74) is 1.66. The first-order valence-electron chi connectivity index (χ1n) is 4.83. The molecule has 0 radical (unpaired) electrons. The average Bonchev–Trinajstić information content (AvgIpc) is 2.65. The van der Waals surface area contributed by atoms with Gasteiger partial charge in [0.2, 0.25) is 5.89 Å². The number of aryl methyl sites for hydroxylation is 2. The number of carbonyl (C=O) groups is 1. The minimum absolute atomic E-state index is 0.114. The van der Waals surface area contributed by atoms with Crippen molar-refractivity contribution in [3.05, 3.63) is 41.3 Å². The fourth-order valence-electron chi connectivity index (χ4n) is 1.22. The Bertz CT molecular complexity index is 502. The predicted molar refractivity (Wildman–Crippen MR) is 58.2 cm³/mol. The van der Waals surface area contributed by atoms with Crippen LogP contribution in [0.4, 0.5) is 6.01 Å². The molecule has 82 valence electrons. The van der Waals surface area contributed by atoms with Crippen LogP contribution in [0.3, 0.4) is 0 Å². The largest absolute Gasteiger partial charge is 0.408 e. The zero-order valence-corrected chi connectivity index (χ0v) is 9.02. The first-order chi connectivity index (χ1) is 7.65. The number of amides is 1. The molecule has 1 amide bonds. The number of carbonyl (C=O) groups excluding carboxylic acids is 1. The molecule has 2 aromatic rings. The molecule has 1 aromatic heterocycles. The van der Waals surface area contributed by atoms with E-state index in [1.165, 1.54) is 0 Å². The normalized spacial score (nSPS) is 10.1. The van der Waals surface area contributed by atoms with E-state index in [0.717, 1.165) is 5.56 Å². The Morgan fingerprint density at radius 3 is 2.44 bits per heavy atom. The lowest BCUT2D eigenvalue weighted by atomic mass is 10.1. The van der Waals surface area contributed by atoms with Crippen molar-refractivity contribution < 1.29 is 9.21 Å². The number of nitrogens with one attached hydrogen (secondary N) is 1. The van der Waals surface area contributed by atoms with Crippen LogP contribution in [0.5, 0.6) is 0 Å². The number of aromatic nitrogens is 2. The lowest BCUT2D eigenvalue weighted by molar-refractivity contribution is 0.102. The summed E-state index contributed by atoms with van der Waals surface area (Å²) in [6.45, 7) is 3.62. The molecule has 5 heteroatoms. The monoisotopic (exact) mass is 217 g/mol. The van der Waals surface area contributed by atoms with Gasteiger partial charge in [0.25, 0.3) is 5.91 Å². The van der Waals surface area contributed by atoms with Gasteiger partial charge in [-0.15, -0.1) is 5.10 Å². The molecule has 5 nitrogen and oxygen atoms in total. The number of hydrogen-bond acceptors (Lipinski definition) is 4. The molecule has 0 bridgehead atoms. The molecule has 0 saturated carbocycles. The molecule has 0 fully saturated rings. The maximum atomic E-state index is 11.7. The van der Waals surface area contributed by atoms with Gasteiger partial charge in [-0.1, -0.05) is 22.8 Å². The smallest absolute Gasteiger partial charge is 0.322 e. The van der Waals surface area contributed by atoms with Crippen LogP contribution in [0, 0.1) is 13.8 Å². The first kappa shape index (κ1) is 10.4. The lowest BCUT2D eigenvalue weighted by Gasteiger charge is -2.00. The minimum atomic E-state index is -0.261. The van der Waals surface area contributed by atoms with Crippen LogP contribution in [0.1, 0.15) is 21.8 Å². The summed E-state index contributed by atoms with van der Waals surface area (Å²) in [6.07, 6.45) is 0. The Labute approximate surface area is 92.5 Å². The van der Waals surface area contributed by atoms with E-state index < -0.39 is 0 Å². The molecule has 1 aromatic carbocycles. The predicted octanol–water partition coefficient (Wildman–Crippen LogP) is 1.94. The summed E-state index contributed by atoms with van der Waals surface area (Å²) in [4.78, 5) is 11.7. The second kappa shape index (κ2) is 4.14. The van der Waals surface area contributed by atoms with Crippen molar-refractivity contribution in [2.45, 2.75) is 13.8 Å². The van der Waals surface area contributed by atoms with Crippen LogP contribution in [0.15, 0.2) is 28.7 Å². The number of hydrogen-bond donors (Lipinski definition) is 1. The molecule has 16 heavy (non-hydrogen) atoms. The number of anilines is 1. The zero-order chi connectivity index (χ0) is 11.5. The van der Waals surface area contributed by atoms with Crippen molar-refractivity contribution in [1.29, 1.82) is 0 Å². The van der Waals surface area contributed by atoms with Crippen molar-refractivity contribution in [2.24, 2.45) is 0 Å². The summed E-state index contributed by atoms with van der Waals surface area (Å²) >= 11 is 0. The number of nitrogens with zero attached hydrogens (tertiary/aromatic N) is 2. The highest BCUT2D eigenvalue weighted by Gasteiger charge is 2.09. The molecule has 0 aliphatic heterocycles. The van der Waals surface area contributed by atoms with E-state index in [0.29, 0.717) is 11.5 Å². The maximum absolute atomic E-state index is 11.7. The maximum Gasteiger partial charge on any atom is 0.322 e. The molecule has 2 rings (SSSR count). The van der Waals surface area contributed by atoms with E-state index in [-0.39, 0.29) is 11.9 Å². The summed E-state index contributed by atoms with van der Waals surface area (Å²) < 4.78 is 5.05. The van der Waals surface area contributed by atoms with Gasteiger partial charge in [-0.3, -0.25) is 10.1 Å². The van der Waals surface area contributed by atoms with Gasteiger partial charge in [0.05, 0.1) is 0 Å². The van der Waals surface area contributed by atoms with E-state index >= 15 is 0 Å². The highest BCUT2D eigenvalue weighted by atomic mass is 16.4. The van der Waals surface area contributed by atoms with Crippen LogP contribution < -0.4 is 5.32 Å². The van der Waals surface area contributed by atoms with E-state index in [2.05, 4.69) is 15.5 Å². The Morgan fingerprint density at radius 2 is 1.88 bits per heavy atom. The summed E-state index contributed by atoms with van der Waals surface area (Å²) in [5, 5.41) is 9.82. The highest BCUT2D eigenvalue weighted by molar-refractivity contribution is 6.03. The van der Waals surface area contributed by atoms with E-state index in [9.17, 15) is 4.79 Å². The van der Waals surface area contributed by atoms with Crippen LogP contribution in [0.2, 0.25) is 0 Å². The van der Waals surface area contributed by atoms with Gasteiger partial charge in [0.1, 0.15) is 0 Å². The van der Waals surface area contributed by atoms with E-state index in [1.54, 1.807) is 19.1 Å². The third kappa shape index (κ3) is 2.25. The highest BCUT2D eigenvalue weighted by Crippen LogP contribution is 2.08. The molecular formula is C11H11N3O2. The van der Waals surface area contributed by atoms with Crippen LogP contribution in [0.25, 0.3) is 0 Å². The topological polar surface area (TPSA) is 68.0 Å². The second-order valence-corrected chi connectivity index (χ2v) is 3.45. The average molecular weight is 217 g/mol. The fourth-order valence-corrected chi connectivity index (χ4v) is 1.22. The molecule has 0 unspecified atom stereocenters. The molecule has 0 atom stereocenters. The molecule has 0 aliphatic rings. The first-order valence-corrected chi connectivity index (χ1v) is 4.83. The van der Waals surface area contributed by atoms with Gasteiger partial charge >= 0.3 is 6.01 Å². The minimum Gasteiger partial charge on any atom is -0.408 e. The molecule has 1 N–H and O–H groups in total. The molecule has 0 saturated heterocycles. The van der Waals surface area contributed by atoms with Gasteiger partial charge in [0.15, 0.2) is 0 Å². The van der Waals surface area contributed by atoms with Gasteiger partial charge < -0.3 is 4.42 Å². The third-order valence-corrected chi connectivity index (χ3v) is 2.06. The second-order valence-electron chi connectivity index (χ2n) is 3.45. The fraction of sp³-hybridized carbons (Fsp3) is 0.182. The number of benzene rings is 1. The summed E-state index contributed by atoms with van der Waals surface area (Å²) in [7, 11) is 0. The Kier molecular flexibility index (Phi) is 2.68. The molecule has 0 aliphatic carbocycles. The Morgan fingerprint density at radius 1 is 1.19 bits per heavy atom. The van der Waals surface area contributed by atoms with Crippen molar-refractivity contribution in [3.8, 4) is 0 Å². The van der Waals surface area contributed by atoms with E-state index in [4.69, 9.17) is 4.42 Å². The van der Waals surface area contributed by atoms with Crippen LogP contribution in [-0.2, 0) is 0 Å². The molecule has 0 spiro atoms. The lowest BCUT2D eigenvalue weighted by Crippen LogP contribution is -2.11.